The number of aryl methyl sites for hydroxylation is 2. The van der Waals surface area contributed by atoms with Crippen LogP contribution in [0.2, 0.25) is 0 Å². The Morgan fingerprint density at radius 2 is 2.08 bits per heavy atom. The fourth-order valence-corrected chi connectivity index (χ4v) is 0.572. The van der Waals surface area contributed by atoms with Gasteiger partial charge in [-0.15, -0.1) is 4.68 Å². The van der Waals surface area contributed by atoms with E-state index in [0.29, 0.717) is 0 Å². The van der Waals surface area contributed by atoms with Crippen molar-refractivity contribution >= 4 is 10.4 Å². The van der Waals surface area contributed by atoms with Gasteiger partial charge in [-0.1, -0.05) is 0 Å². The Hall–Kier alpha value is -0.990. The molecule has 0 atom stereocenters. The van der Waals surface area contributed by atoms with E-state index in [0.717, 1.165) is 0 Å². The van der Waals surface area contributed by atoms with Gasteiger partial charge in [-0.3, -0.25) is 4.55 Å². The van der Waals surface area contributed by atoms with E-state index >= 15 is 0 Å². The molecule has 76 valence electrons. The fraction of sp³-hybridized carbons (Fsp3) is 0.400. The van der Waals surface area contributed by atoms with Gasteiger partial charge in [0.15, 0.2) is 7.05 Å². The highest BCUT2D eigenvalue weighted by atomic mass is 32.3. The summed E-state index contributed by atoms with van der Waals surface area (Å²) in [5.74, 6) is -0.199. The minimum Gasteiger partial charge on any atom is -0.726 e. The summed E-state index contributed by atoms with van der Waals surface area (Å²) in [5, 5.41) is 0. The first-order chi connectivity index (χ1) is 5.70. The normalized spacial score (nSPS) is 10.5. The second-order valence-electron chi connectivity index (χ2n) is 2.22. The summed E-state index contributed by atoms with van der Waals surface area (Å²) >= 11 is 0. The van der Waals surface area contributed by atoms with Crippen LogP contribution in [-0.4, -0.2) is 22.2 Å². The fourth-order valence-electron chi connectivity index (χ4n) is 0.572. The Kier molecular flexibility index (Phi) is 3.98. The van der Waals surface area contributed by atoms with E-state index in [1.807, 2.05) is 0 Å². The van der Waals surface area contributed by atoms with Crippen molar-refractivity contribution in [2.24, 2.45) is 14.1 Å². The standard InChI is InChI=1S/C5H8FN2.H2O4S/c1-7-3-5(6)4-8(7)2;1-5(2,3)4/h3-4H,1-2H3;(H2,1,2,3,4)/q+1;/p-1. The monoisotopic (exact) mass is 212 g/mol. The Labute approximate surface area is 74.8 Å². The lowest BCUT2D eigenvalue weighted by atomic mass is 10.7. The van der Waals surface area contributed by atoms with Gasteiger partial charge in [0.05, 0.1) is 7.05 Å². The summed E-state index contributed by atoms with van der Waals surface area (Å²) < 4.78 is 48.3. The molecule has 0 aliphatic rings. The molecule has 0 amide bonds. The minimum absolute atomic E-state index is 0.199. The van der Waals surface area contributed by atoms with Crippen molar-refractivity contribution in [3.63, 3.8) is 0 Å². The predicted molar refractivity (Wildman–Crippen MR) is 38.9 cm³/mol. The van der Waals surface area contributed by atoms with Crippen molar-refractivity contribution in [1.82, 2.24) is 4.68 Å². The summed E-state index contributed by atoms with van der Waals surface area (Å²) in [5.41, 5.74) is 0. The molecule has 1 aromatic heterocycles. The van der Waals surface area contributed by atoms with E-state index in [-0.39, 0.29) is 5.82 Å². The molecular weight excluding hydrogens is 203 g/mol. The molecule has 0 aliphatic heterocycles. The maximum atomic E-state index is 12.1. The smallest absolute Gasteiger partial charge is 0.230 e. The molecule has 0 bridgehead atoms. The summed E-state index contributed by atoms with van der Waals surface area (Å²) in [4.78, 5) is 0. The van der Waals surface area contributed by atoms with Crippen molar-refractivity contribution in [3.05, 3.63) is 18.2 Å². The molecular formula is C5H9FN2O4S. The third kappa shape index (κ3) is 7.37. The zero-order chi connectivity index (χ0) is 10.6. The summed E-state index contributed by atoms with van der Waals surface area (Å²) in [6.45, 7) is 0. The molecule has 0 fully saturated rings. The van der Waals surface area contributed by atoms with Crippen molar-refractivity contribution in [2.75, 3.05) is 0 Å². The maximum absolute atomic E-state index is 12.1. The summed E-state index contributed by atoms with van der Waals surface area (Å²) in [7, 11) is -1.35. The molecule has 8 heteroatoms. The number of hydrogen-bond acceptors (Lipinski definition) is 3. The zero-order valence-corrected chi connectivity index (χ0v) is 7.82. The van der Waals surface area contributed by atoms with Gasteiger partial charge in [0.2, 0.25) is 22.4 Å². The molecule has 0 radical (unpaired) electrons. The SMILES string of the molecule is Cn1cc(F)c[n+]1C.O=S(=O)([O-])O. The largest absolute Gasteiger partial charge is 0.726 e. The number of rotatable bonds is 0. The van der Waals surface area contributed by atoms with E-state index < -0.39 is 10.4 Å². The molecule has 6 nitrogen and oxygen atoms in total. The van der Waals surface area contributed by atoms with Crippen molar-refractivity contribution in [2.45, 2.75) is 0 Å². The van der Waals surface area contributed by atoms with Gasteiger partial charge < -0.3 is 4.55 Å². The second-order valence-corrected chi connectivity index (χ2v) is 3.07. The van der Waals surface area contributed by atoms with E-state index in [1.54, 1.807) is 23.5 Å². The quantitative estimate of drug-likeness (QED) is 0.339. The van der Waals surface area contributed by atoms with E-state index in [1.165, 1.54) is 12.4 Å². The van der Waals surface area contributed by atoms with Crippen molar-refractivity contribution in [3.8, 4) is 0 Å². The molecule has 0 saturated carbocycles. The Balaban J connectivity index is 0.000000252. The first-order valence-corrected chi connectivity index (χ1v) is 4.42. The molecule has 1 heterocycles. The van der Waals surface area contributed by atoms with E-state index in [9.17, 15) is 4.39 Å². The van der Waals surface area contributed by atoms with Crippen LogP contribution < -0.4 is 4.68 Å². The molecule has 0 spiro atoms. The van der Waals surface area contributed by atoms with E-state index in [2.05, 4.69) is 0 Å². The highest BCUT2D eigenvalue weighted by molar-refractivity contribution is 7.79. The predicted octanol–water partition coefficient (Wildman–Crippen LogP) is -1.01. The van der Waals surface area contributed by atoms with Gasteiger partial charge in [0.1, 0.15) is 6.20 Å². The molecule has 0 aromatic carbocycles. The van der Waals surface area contributed by atoms with Crippen LogP contribution in [-0.2, 0) is 24.5 Å². The van der Waals surface area contributed by atoms with E-state index in [4.69, 9.17) is 17.5 Å². The first kappa shape index (κ1) is 12.0. The summed E-state index contributed by atoms with van der Waals surface area (Å²) in [6, 6.07) is 0. The average molecular weight is 212 g/mol. The molecule has 0 unspecified atom stereocenters. The number of halogens is 1. The van der Waals surface area contributed by atoms with Gasteiger partial charge in [-0.05, 0) is 0 Å². The van der Waals surface area contributed by atoms with Gasteiger partial charge in [-0.25, -0.2) is 8.42 Å². The third-order valence-corrected chi connectivity index (χ3v) is 1.12. The lowest BCUT2D eigenvalue weighted by molar-refractivity contribution is -0.751. The number of aromatic nitrogens is 2. The number of nitrogens with zero attached hydrogens (tertiary/aromatic N) is 2. The topological polar surface area (TPSA) is 86.2 Å². The highest BCUT2D eigenvalue weighted by Crippen LogP contribution is 1.86. The zero-order valence-electron chi connectivity index (χ0n) is 7.01. The summed E-state index contributed by atoms with van der Waals surface area (Å²) in [6.07, 6.45) is 2.83. The van der Waals surface area contributed by atoms with Gasteiger partial charge >= 0.3 is 0 Å². The van der Waals surface area contributed by atoms with Crippen molar-refractivity contribution in [1.29, 1.82) is 0 Å². The van der Waals surface area contributed by atoms with Crippen LogP contribution in [0.25, 0.3) is 0 Å². The molecule has 1 N–H and O–H groups in total. The minimum atomic E-state index is -4.92. The van der Waals surface area contributed by atoms with Crippen LogP contribution in [0.15, 0.2) is 12.4 Å². The molecule has 1 aromatic rings. The van der Waals surface area contributed by atoms with Crippen LogP contribution in [0.3, 0.4) is 0 Å². The van der Waals surface area contributed by atoms with Crippen LogP contribution in [0.4, 0.5) is 4.39 Å². The Morgan fingerprint density at radius 3 is 2.15 bits per heavy atom. The number of hydrogen-bond donors (Lipinski definition) is 1. The average Bonchev–Trinajstić information content (AvgIpc) is 2.05. The lowest BCUT2D eigenvalue weighted by Gasteiger charge is -1.88. The van der Waals surface area contributed by atoms with Crippen LogP contribution >= 0.6 is 0 Å². The van der Waals surface area contributed by atoms with Gasteiger partial charge in [-0.2, -0.15) is 9.07 Å². The highest BCUT2D eigenvalue weighted by Gasteiger charge is 2.01. The van der Waals surface area contributed by atoms with Crippen molar-refractivity contribution < 1.29 is 26.6 Å². The lowest BCUT2D eigenvalue weighted by Crippen LogP contribution is -2.35. The van der Waals surface area contributed by atoms with Crippen LogP contribution in [0.1, 0.15) is 0 Å². The van der Waals surface area contributed by atoms with Crippen LogP contribution in [0, 0.1) is 5.82 Å². The Bertz CT molecular complexity index is 344. The molecule has 1 rings (SSSR count). The maximum Gasteiger partial charge on any atom is 0.230 e. The Morgan fingerprint density at radius 1 is 1.69 bits per heavy atom. The molecule has 0 aliphatic carbocycles. The van der Waals surface area contributed by atoms with Gasteiger partial charge in [0.25, 0.3) is 0 Å². The molecule has 0 saturated heterocycles. The van der Waals surface area contributed by atoms with Crippen LogP contribution in [0.5, 0.6) is 0 Å². The molecule has 13 heavy (non-hydrogen) atoms. The second kappa shape index (κ2) is 4.30. The third-order valence-electron chi connectivity index (χ3n) is 1.12. The first-order valence-electron chi connectivity index (χ1n) is 3.06. The van der Waals surface area contributed by atoms with Gasteiger partial charge in [0, 0.05) is 0 Å².